The Morgan fingerprint density at radius 1 is 1.14 bits per heavy atom. The predicted molar refractivity (Wildman–Crippen MR) is 114 cm³/mol. The highest BCUT2D eigenvalue weighted by Crippen LogP contribution is 2.28. The third-order valence-electron chi connectivity index (χ3n) is 4.60. The smallest absolute Gasteiger partial charge is 0.271 e. The summed E-state index contributed by atoms with van der Waals surface area (Å²) in [5.41, 5.74) is 7.04. The molecule has 0 bridgehead atoms. The molecule has 3 rings (SSSR count). The standard InChI is InChI=1S/C24H26N2O3/c1-16(2)21-12-7-17(3)14-23(21)29-15-19-8-10-20(11-9-19)24(27)26-25-18(4)22-6-5-13-28-22/h5-14,16H,15H2,1-4H3,(H,26,27)/b25-18-. The number of carbonyl (C=O) groups excluding carboxylic acids is 1. The maximum Gasteiger partial charge on any atom is 0.271 e. The Morgan fingerprint density at radius 2 is 1.90 bits per heavy atom. The molecule has 0 aliphatic heterocycles. The van der Waals surface area contributed by atoms with Gasteiger partial charge in [0.2, 0.25) is 0 Å². The van der Waals surface area contributed by atoms with Crippen molar-refractivity contribution in [3.63, 3.8) is 0 Å². The van der Waals surface area contributed by atoms with E-state index in [9.17, 15) is 4.79 Å². The Kier molecular flexibility index (Phi) is 6.50. The molecular weight excluding hydrogens is 364 g/mol. The summed E-state index contributed by atoms with van der Waals surface area (Å²) in [5.74, 6) is 1.64. The summed E-state index contributed by atoms with van der Waals surface area (Å²) < 4.78 is 11.3. The molecule has 0 spiro atoms. The molecule has 1 N–H and O–H groups in total. The summed E-state index contributed by atoms with van der Waals surface area (Å²) in [4.78, 5) is 12.3. The van der Waals surface area contributed by atoms with Crippen LogP contribution in [0, 0.1) is 6.92 Å². The molecule has 2 aromatic carbocycles. The monoisotopic (exact) mass is 390 g/mol. The average molecular weight is 390 g/mol. The van der Waals surface area contributed by atoms with E-state index in [4.69, 9.17) is 9.15 Å². The van der Waals surface area contributed by atoms with Crippen molar-refractivity contribution >= 4 is 11.6 Å². The van der Waals surface area contributed by atoms with Gasteiger partial charge in [0, 0.05) is 5.56 Å². The fourth-order valence-electron chi connectivity index (χ4n) is 2.90. The Hall–Kier alpha value is -3.34. The quantitative estimate of drug-likeness (QED) is 0.431. The minimum Gasteiger partial charge on any atom is -0.489 e. The molecule has 0 saturated carbocycles. The van der Waals surface area contributed by atoms with Crippen LogP contribution in [0.2, 0.25) is 0 Å². The first-order valence-corrected chi connectivity index (χ1v) is 9.65. The van der Waals surface area contributed by atoms with Crippen molar-refractivity contribution < 1.29 is 13.9 Å². The van der Waals surface area contributed by atoms with E-state index in [2.05, 4.69) is 49.5 Å². The summed E-state index contributed by atoms with van der Waals surface area (Å²) in [6, 6.07) is 17.2. The largest absolute Gasteiger partial charge is 0.489 e. The minimum atomic E-state index is -0.274. The molecule has 0 aliphatic rings. The molecule has 3 aromatic rings. The maximum atomic E-state index is 12.3. The number of furan rings is 1. The van der Waals surface area contributed by atoms with E-state index in [-0.39, 0.29) is 5.91 Å². The van der Waals surface area contributed by atoms with E-state index in [1.165, 1.54) is 11.1 Å². The summed E-state index contributed by atoms with van der Waals surface area (Å²) in [6.07, 6.45) is 1.57. The van der Waals surface area contributed by atoms with Gasteiger partial charge in [-0.1, -0.05) is 38.1 Å². The third-order valence-corrected chi connectivity index (χ3v) is 4.60. The molecule has 5 heteroatoms. The Labute approximate surface area is 171 Å². The van der Waals surface area contributed by atoms with Crippen molar-refractivity contribution in [2.75, 3.05) is 0 Å². The second-order valence-corrected chi connectivity index (χ2v) is 7.30. The molecule has 0 saturated heterocycles. The van der Waals surface area contributed by atoms with Gasteiger partial charge in [-0.3, -0.25) is 4.79 Å². The van der Waals surface area contributed by atoms with Crippen LogP contribution in [0.15, 0.2) is 70.4 Å². The van der Waals surface area contributed by atoms with E-state index in [1.807, 2.05) is 12.1 Å². The fourth-order valence-corrected chi connectivity index (χ4v) is 2.90. The topological polar surface area (TPSA) is 63.8 Å². The number of hydrogen-bond donors (Lipinski definition) is 1. The summed E-state index contributed by atoms with van der Waals surface area (Å²) in [5, 5.41) is 4.07. The number of amides is 1. The van der Waals surface area contributed by atoms with Crippen LogP contribution in [-0.2, 0) is 6.61 Å². The molecule has 0 atom stereocenters. The first-order chi connectivity index (χ1) is 13.9. The number of nitrogens with zero attached hydrogens (tertiary/aromatic N) is 1. The van der Waals surface area contributed by atoms with E-state index < -0.39 is 0 Å². The molecular formula is C24H26N2O3. The molecule has 1 aromatic heterocycles. The number of nitrogens with one attached hydrogen (secondary N) is 1. The zero-order chi connectivity index (χ0) is 20.8. The normalized spacial score (nSPS) is 11.6. The second-order valence-electron chi connectivity index (χ2n) is 7.30. The van der Waals surface area contributed by atoms with Gasteiger partial charge >= 0.3 is 0 Å². The number of ether oxygens (including phenoxy) is 1. The zero-order valence-corrected chi connectivity index (χ0v) is 17.2. The first-order valence-electron chi connectivity index (χ1n) is 9.65. The lowest BCUT2D eigenvalue weighted by atomic mass is 10.0. The van der Waals surface area contributed by atoms with Gasteiger partial charge in [0.05, 0.1) is 6.26 Å². The van der Waals surface area contributed by atoms with Gasteiger partial charge in [-0.05, 0) is 66.8 Å². The number of carbonyl (C=O) groups is 1. The number of aryl methyl sites for hydroxylation is 1. The highest BCUT2D eigenvalue weighted by molar-refractivity contribution is 5.99. The van der Waals surface area contributed by atoms with Gasteiger partial charge in [-0.15, -0.1) is 0 Å². The van der Waals surface area contributed by atoms with Crippen molar-refractivity contribution in [3.8, 4) is 5.75 Å². The first kappa shape index (κ1) is 20.4. The lowest BCUT2D eigenvalue weighted by molar-refractivity contribution is 0.0954. The SMILES string of the molecule is C/C(=N/NC(=O)c1ccc(COc2cc(C)ccc2C(C)C)cc1)c1ccco1. The van der Waals surface area contributed by atoms with Crippen molar-refractivity contribution in [2.45, 2.75) is 40.2 Å². The molecule has 0 fully saturated rings. The lowest BCUT2D eigenvalue weighted by Gasteiger charge is -2.15. The van der Waals surface area contributed by atoms with Crippen LogP contribution in [0.25, 0.3) is 0 Å². The number of hydrogen-bond acceptors (Lipinski definition) is 4. The van der Waals surface area contributed by atoms with Crippen LogP contribution >= 0.6 is 0 Å². The van der Waals surface area contributed by atoms with Gasteiger partial charge in [-0.2, -0.15) is 5.10 Å². The molecule has 29 heavy (non-hydrogen) atoms. The molecule has 0 radical (unpaired) electrons. The Morgan fingerprint density at radius 3 is 2.55 bits per heavy atom. The lowest BCUT2D eigenvalue weighted by Crippen LogP contribution is -2.19. The van der Waals surface area contributed by atoms with Crippen molar-refractivity contribution in [1.29, 1.82) is 0 Å². The molecule has 0 aliphatic carbocycles. The molecule has 1 amide bonds. The highest BCUT2D eigenvalue weighted by Gasteiger charge is 2.09. The third kappa shape index (κ3) is 5.35. The Bertz CT molecular complexity index is 987. The van der Waals surface area contributed by atoms with E-state index in [0.29, 0.717) is 29.6 Å². The molecule has 5 nitrogen and oxygen atoms in total. The van der Waals surface area contributed by atoms with Crippen molar-refractivity contribution in [3.05, 3.63) is 88.9 Å². The van der Waals surface area contributed by atoms with Crippen LogP contribution in [0.1, 0.15) is 59.5 Å². The second kappa shape index (κ2) is 9.24. The zero-order valence-electron chi connectivity index (χ0n) is 17.2. The van der Waals surface area contributed by atoms with Crippen molar-refractivity contribution in [1.82, 2.24) is 5.43 Å². The number of benzene rings is 2. The number of rotatable bonds is 7. The van der Waals surface area contributed by atoms with Crippen LogP contribution < -0.4 is 10.2 Å². The van der Waals surface area contributed by atoms with Crippen LogP contribution in [-0.4, -0.2) is 11.6 Å². The average Bonchev–Trinajstić information content (AvgIpc) is 3.25. The van der Waals surface area contributed by atoms with Gasteiger partial charge in [0.15, 0.2) is 0 Å². The van der Waals surface area contributed by atoms with Gasteiger partial charge in [0.25, 0.3) is 5.91 Å². The highest BCUT2D eigenvalue weighted by atomic mass is 16.5. The summed E-state index contributed by atoms with van der Waals surface area (Å²) in [7, 11) is 0. The fraction of sp³-hybridized carbons (Fsp3) is 0.250. The van der Waals surface area contributed by atoms with Crippen LogP contribution in [0.3, 0.4) is 0 Å². The van der Waals surface area contributed by atoms with Gasteiger partial charge in [-0.25, -0.2) is 5.43 Å². The molecule has 0 unspecified atom stereocenters. The predicted octanol–water partition coefficient (Wildman–Crippen LogP) is 5.44. The molecule has 150 valence electrons. The number of hydrazone groups is 1. The summed E-state index contributed by atoms with van der Waals surface area (Å²) in [6.45, 7) is 8.58. The molecule has 1 heterocycles. The minimum absolute atomic E-state index is 0.274. The van der Waals surface area contributed by atoms with Gasteiger partial charge < -0.3 is 9.15 Å². The van der Waals surface area contributed by atoms with Crippen LogP contribution in [0.4, 0.5) is 0 Å². The van der Waals surface area contributed by atoms with Crippen molar-refractivity contribution in [2.24, 2.45) is 5.10 Å². The van der Waals surface area contributed by atoms with E-state index >= 15 is 0 Å². The van der Waals surface area contributed by atoms with Crippen LogP contribution in [0.5, 0.6) is 5.75 Å². The summed E-state index contributed by atoms with van der Waals surface area (Å²) >= 11 is 0. The van der Waals surface area contributed by atoms with E-state index in [0.717, 1.165) is 11.3 Å². The van der Waals surface area contributed by atoms with E-state index in [1.54, 1.807) is 37.5 Å². The Balaban J connectivity index is 1.61. The maximum absolute atomic E-state index is 12.3. The van der Waals surface area contributed by atoms with Gasteiger partial charge in [0.1, 0.15) is 23.8 Å².